The molecule has 2 aromatic rings. The van der Waals surface area contributed by atoms with E-state index in [1.807, 2.05) is 12.1 Å². The first-order valence-corrected chi connectivity index (χ1v) is 6.55. The first-order valence-electron chi connectivity index (χ1n) is 6.55. The predicted molar refractivity (Wildman–Crippen MR) is 73.4 cm³/mol. The van der Waals surface area contributed by atoms with Crippen LogP contribution in [0.2, 0.25) is 0 Å². The van der Waals surface area contributed by atoms with Crippen molar-refractivity contribution >= 4 is 22.8 Å². The lowest BCUT2D eigenvalue weighted by Crippen LogP contribution is -2.40. The normalized spacial score (nSPS) is 18.4. The van der Waals surface area contributed by atoms with Crippen molar-refractivity contribution in [2.24, 2.45) is 0 Å². The van der Waals surface area contributed by atoms with Gasteiger partial charge in [0.1, 0.15) is 6.04 Å². The minimum atomic E-state index is -0.932. The molecule has 2 heterocycles. The van der Waals surface area contributed by atoms with E-state index in [1.54, 1.807) is 24.4 Å². The zero-order valence-corrected chi connectivity index (χ0v) is 10.8. The van der Waals surface area contributed by atoms with Crippen LogP contribution in [-0.2, 0) is 4.79 Å². The van der Waals surface area contributed by atoms with Crippen molar-refractivity contribution in [1.82, 2.24) is 9.88 Å². The minimum Gasteiger partial charge on any atom is -0.480 e. The van der Waals surface area contributed by atoms with Gasteiger partial charge in [0.05, 0.1) is 5.52 Å². The highest BCUT2D eigenvalue weighted by molar-refractivity contribution is 5.99. The number of hydrogen-bond donors (Lipinski definition) is 1. The fourth-order valence-corrected chi connectivity index (χ4v) is 2.64. The number of aromatic nitrogens is 1. The number of carbonyl (C=O) groups excluding carboxylic acids is 1. The van der Waals surface area contributed by atoms with Gasteiger partial charge in [-0.1, -0.05) is 6.07 Å². The molecule has 1 N–H and O–H groups in total. The number of fused-ring (bicyclic) bond motifs is 1. The first-order chi connectivity index (χ1) is 9.66. The molecule has 0 bridgehead atoms. The number of carboxylic acid groups (broad SMARTS) is 1. The van der Waals surface area contributed by atoms with Gasteiger partial charge in [-0.15, -0.1) is 0 Å². The summed E-state index contributed by atoms with van der Waals surface area (Å²) in [4.78, 5) is 29.3. The lowest BCUT2D eigenvalue weighted by atomic mass is 10.1. The summed E-state index contributed by atoms with van der Waals surface area (Å²) < 4.78 is 0. The number of rotatable bonds is 2. The molecule has 1 aliphatic heterocycles. The molecule has 1 amide bonds. The van der Waals surface area contributed by atoms with Crippen LogP contribution in [-0.4, -0.2) is 39.5 Å². The number of aliphatic carboxylic acids is 1. The maximum Gasteiger partial charge on any atom is 0.326 e. The number of hydrogen-bond acceptors (Lipinski definition) is 3. The summed E-state index contributed by atoms with van der Waals surface area (Å²) in [7, 11) is 0. The Kier molecular flexibility index (Phi) is 3.10. The van der Waals surface area contributed by atoms with Gasteiger partial charge >= 0.3 is 5.97 Å². The molecule has 1 aromatic heterocycles. The summed E-state index contributed by atoms with van der Waals surface area (Å²) in [6.07, 6.45) is 2.96. The van der Waals surface area contributed by atoms with E-state index in [1.165, 1.54) is 4.90 Å². The Balaban J connectivity index is 1.94. The third-order valence-corrected chi connectivity index (χ3v) is 3.65. The van der Waals surface area contributed by atoms with Crippen molar-refractivity contribution in [3.63, 3.8) is 0 Å². The van der Waals surface area contributed by atoms with Crippen molar-refractivity contribution in [3.05, 3.63) is 42.1 Å². The number of amides is 1. The van der Waals surface area contributed by atoms with Crippen LogP contribution in [0.15, 0.2) is 36.5 Å². The molecule has 1 atom stereocenters. The SMILES string of the molecule is O=C(O)[C@H]1CCCN1C(=O)c1ccc2ncccc2c1. The number of pyridine rings is 1. The maximum absolute atomic E-state index is 12.4. The van der Waals surface area contributed by atoms with E-state index in [4.69, 9.17) is 5.11 Å². The zero-order valence-electron chi connectivity index (χ0n) is 10.8. The second kappa shape index (κ2) is 4.92. The van der Waals surface area contributed by atoms with Gasteiger partial charge < -0.3 is 10.0 Å². The molecule has 102 valence electrons. The van der Waals surface area contributed by atoms with Crippen LogP contribution in [0, 0.1) is 0 Å². The maximum atomic E-state index is 12.4. The Morgan fingerprint density at radius 1 is 1.30 bits per heavy atom. The van der Waals surface area contributed by atoms with E-state index in [-0.39, 0.29) is 5.91 Å². The summed E-state index contributed by atoms with van der Waals surface area (Å²) in [5, 5.41) is 10.0. The summed E-state index contributed by atoms with van der Waals surface area (Å²) in [5.41, 5.74) is 1.33. The minimum absolute atomic E-state index is 0.222. The number of nitrogens with zero attached hydrogens (tertiary/aromatic N) is 2. The molecule has 0 spiro atoms. The van der Waals surface area contributed by atoms with E-state index in [9.17, 15) is 9.59 Å². The fourth-order valence-electron chi connectivity index (χ4n) is 2.64. The Labute approximate surface area is 115 Å². The predicted octanol–water partition coefficient (Wildman–Crippen LogP) is 1.92. The Morgan fingerprint density at radius 3 is 2.95 bits per heavy atom. The van der Waals surface area contributed by atoms with Crippen LogP contribution in [0.25, 0.3) is 10.9 Å². The van der Waals surface area contributed by atoms with Crippen molar-refractivity contribution < 1.29 is 14.7 Å². The van der Waals surface area contributed by atoms with Crippen LogP contribution in [0.3, 0.4) is 0 Å². The molecule has 5 heteroatoms. The topological polar surface area (TPSA) is 70.5 Å². The Hall–Kier alpha value is -2.43. The summed E-state index contributed by atoms with van der Waals surface area (Å²) in [6, 6.07) is 8.25. The van der Waals surface area contributed by atoms with Gasteiger partial charge in [-0.3, -0.25) is 9.78 Å². The van der Waals surface area contributed by atoms with Gasteiger partial charge in [-0.05, 0) is 37.1 Å². The number of carboxylic acids is 1. The molecular formula is C15H14N2O3. The van der Waals surface area contributed by atoms with Gasteiger partial charge in [0, 0.05) is 23.7 Å². The van der Waals surface area contributed by atoms with Crippen LogP contribution >= 0.6 is 0 Å². The second-order valence-corrected chi connectivity index (χ2v) is 4.91. The van der Waals surface area contributed by atoms with Crippen molar-refractivity contribution in [1.29, 1.82) is 0 Å². The molecule has 1 aliphatic rings. The third-order valence-electron chi connectivity index (χ3n) is 3.65. The van der Waals surface area contributed by atoms with Crippen LogP contribution in [0.4, 0.5) is 0 Å². The molecular weight excluding hydrogens is 256 g/mol. The van der Waals surface area contributed by atoms with E-state index >= 15 is 0 Å². The number of carbonyl (C=O) groups is 2. The summed E-state index contributed by atoms with van der Waals surface area (Å²) >= 11 is 0. The van der Waals surface area contributed by atoms with Gasteiger partial charge in [-0.25, -0.2) is 4.79 Å². The number of benzene rings is 1. The zero-order chi connectivity index (χ0) is 14.1. The average molecular weight is 270 g/mol. The molecule has 0 unspecified atom stereocenters. The van der Waals surface area contributed by atoms with Gasteiger partial charge in [0.15, 0.2) is 0 Å². The van der Waals surface area contributed by atoms with Crippen molar-refractivity contribution in [2.75, 3.05) is 6.54 Å². The highest BCUT2D eigenvalue weighted by Gasteiger charge is 2.34. The van der Waals surface area contributed by atoms with Crippen molar-refractivity contribution in [3.8, 4) is 0 Å². The van der Waals surface area contributed by atoms with E-state index in [0.717, 1.165) is 17.3 Å². The molecule has 1 saturated heterocycles. The molecule has 20 heavy (non-hydrogen) atoms. The lowest BCUT2D eigenvalue weighted by Gasteiger charge is -2.21. The first kappa shape index (κ1) is 12.6. The third kappa shape index (κ3) is 2.11. The van der Waals surface area contributed by atoms with E-state index in [2.05, 4.69) is 4.98 Å². The quantitative estimate of drug-likeness (QED) is 0.905. The van der Waals surface area contributed by atoms with Crippen molar-refractivity contribution in [2.45, 2.75) is 18.9 Å². The lowest BCUT2D eigenvalue weighted by molar-refractivity contribution is -0.141. The van der Waals surface area contributed by atoms with E-state index < -0.39 is 12.0 Å². The van der Waals surface area contributed by atoms with Gasteiger partial charge in [-0.2, -0.15) is 0 Å². The van der Waals surface area contributed by atoms with Crippen LogP contribution < -0.4 is 0 Å². The largest absolute Gasteiger partial charge is 0.480 e. The molecule has 1 aromatic carbocycles. The van der Waals surface area contributed by atoms with E-state index in [0.29, 0.717) is 18.5 Å². The average Bonchev–Trinajstić information content (AvgIpc) is 2.95. The highest BCUT2D eigenvalue weighted by Crippen LogP contribution is 2.22. The molecule has 1 fully saturated rings. The van der Waals surface area contributed by atoms with Crippen LogP contribution in [0.1, 0.15) is 23.2 Å². The Bertz CT molecular complexity index is 684. The molecule has 5 nitrogen and oxygen atoms in total. The molecule has 0 aliphatic carbocycles. The molecule has 0 radical (unpaired) electrons. The molecule has 0 saturated carbocycles. The summed E-state index contributed by atoms with van der Waals surface area (Å²) in [6.45, 7) is 0.501. The van der Waals surface area contributed by atoms with Gasteiger partial charge in [0.25, 0.3) is 5.91 Å². The monoisotopic (exact) mass is 270 g/mol. The smallest absolute Gasteiger partial charge is 0.326 e. The molecule has 3 rings (SSSR count). The standard InChI is InChI=1S/C15H14N2O3/c18-14(17-8-2-4-13(17)15(19)20)11-5-6-12-10(9-11)3-1-7-16-12/h1,3,5-7,9,13H,2,4,8H2,(H,19,20)/t13-/m1/s1. The highest BCUT2D eigenvalue weighted by atomic mass is 16.4. The second-order valence-electron chi connectivity index (χ2n) is 4.91. The number of likely N-dealkylation sites (tertiary alicyclic amines) is 1. The van der Waals surface area contributed by atoms with Crippen LogP contribution in [0.5, 0.6) is 0 Å². The van der Waals surface area contributed by atoms with Gasteiger partial charge in [0.2, 0.25) is 0 Å². The summed E-state index contributed by atoms with van der Waals surface area (Å²) in [5.74, 6) is -1.15. The fraction of sp³-hybridized carbons (Fsp3) is 0.267. The Morgan fingerprint density at radius 2 is 2.15 bits per heavy atom.